The second kappa shape index (κ2) is 9.64. The molecule has 0 atom stereocenters. The highest BCUT2D eigenvalue weighted by atomic mass is 16.5. The van der Waals surface area contributed by atoms with Gasteiger partial charge < -0.3 is 20.5 Å². The number of amides is 1. The summed E-state index contributed by atoms with van der Waals surface area (Å²) in [5.41, 5.74) is 1.98. The monoisotopic (exact) mass is 375 g/mol. The summed E-state index contributed by atoms with van der Waals surface area (Å²) in [6.45, 7) is 5.57. The van der Waals surface area contributed by atoms with E-state index in [4.69, 9.17) is 4.74 Å². The molecule has 1 aromatic rings. The van der Waals surface area contributed by atoms with Crippen LogP contribution in [0.2, 0.25) is 0 Å². The van der Waals surface area contributed by atoms with Crippen LogP contribution < -0.4 is 10.6 Å². The zero-order valence-corrected chi connectivity index (χ0v) is 16.4. The van der Waals surface area contributed by atoms with E-state index in [1.54, 1.807) is 7.11 Å². The summed E-state index contributed by atoms with van der Waals surface area (Å²) in [5.74, 6) is 0.0989. The van der Waals surface area contributed by atoms with Crippen LogP contribution in [0.1, 0.15) is 36.8 Å². The van der Waals surface area contributed by atoms with Crippen molar-refractivity contribution in [3.8, 4) is 0 Å². The lowest BCUT2D eigenvalue weighted by atomic mass is 9.78. The first-order chi connectivity index (χ1) is 13.1. The van der Waals surface area contributed by atoms with Gasteiger partial charge in [-0.1, -0.05) is 24.3 Å². The number of ether oxygens (including phenoxy) is 1. The van der Waals surface area contributed by atoms with Crippen LogP contribution >= 0.6 is 0 Å². The fraction of sp³-hybridized carbons (Fsp3) is 0.667. The van der Waals surface area contributed by atoms with Crippen molar-refractivity contribution in [1.29, 1.82) is 0 Å². The van der Waals surface area contributed by atoms with Gasteiger partial charge in [-0.25, -0.2) is 0 Å². The highest BCUT2D eigenvalue weighted by Gasteiger charge is 2.39. The van der Waals surface area contributed by atoms with Gasteiger partial charge in [-0.3, -0.25) is 9.69 Å². The molecular formula is C21H33N3O3. The highest BCUT2D eigenvalue weighted by Crippen LogP contribution is 2.29. The number of likely N-dealkylation sites (tertiary alicyclic amines) is 1. The minimum Gasteiger partial charge on any atom is -0.393 e. The average molecular weight is 376 g/mol. The zero-order valence-electron chi connectivity index (χ0n) is 16.4. The number of hydrogen-bond acceptors (Lipinski definition) is 5. The fourth-order valence-corrected chi connectivity index (χ4v) is 4.09. The normalized spacial score (nSPS) is 21.1. The molecule has 0 bridgehead atoms. The standard InChI is InChI=1S/C21H33N3O3/c1-27-16-21(8-10-22-11-9-21)20(26)23-14-17-2-4-18(5-3-17)15-24-12-6-19(25)7-13-24/h2-5,19,22,25H,6-16H2,1H3,(H,23,26). The van der Waals surface area contributed by atoms with Gasteiger partial charge >= 0.3 is 0 Å². The Bertz CT molecular complexity index is 586. The third-order valence-electron chi connectivity index (χ3n) is 5.90. The van der Waals surface area contributed by atoms with Crippen LogP contribution in [0.5, 0.6) is 0 Å². The molecule has 2 heterocycles. The molecule has 2 fully saturated rings. The van der Waals surface area contributed by atoms with E-state index in [0.29, 0.717) is 13.2 Å². The Hall–Kier alpha value is -1.47. The summed E-state index contributed by atoms with van der Waals surface area (Å²) in [4.78, 5) is 15.2. The summed E-state index contributed by atoms with van der Waals surface area (Å²) in [7, 11) is 1.67. The van der Waals surface area contributed by atoms with Gasteiger partial charge in [-0.05, 0) is 49.9 Å². The molecule has 2 saturated heterocycles. The molecule has 3 N–H and O–H groups in total. The van der Waals surface area contributed by atoms with Gasteiger partial charge in [0.2, 0.25) is 5.91 Å². The van der Waals surface area contributed by atoms with Gasteiger partial charge in [-0.15, -0.1) is 0 Å². The van der Waals surface area contributed by atoms with Crippen LogP contribution in [0.4, 0.5) is 0 Å². The van der Waals surface area contributed by atoms with Crippen molar-refractivity contribution in [2.24, 2.45) is 5.41 Å². The third-order valence-corrected chi connectivity index (χ3v) is 5.90. The lowest BCUT2D eigenvalue weighted by molar-refractivity contribution is -0.136. The Kier molecular flexibility index (Phi) is 7.24. The Balaban J connectivity index is 1.49. The zero-order chi connectivity index (χ0) is 19.1. The van der Waals surface area contributed by atoms with Gasteiger partial charge in [0.15, 0.2) is 0 Å². The summed E-state index contributed by atoms with van der Waals surface area (Å²) < 4.78 is 5.34. The summed E-state index contributed by atoms with van der Waals surface area (Å²) >= 11 is 0. The number of benzene rings is 1. The third kappa shape index (κ3) is 5.51. The van der Waals surface area contributed by atoms with Crippen molar-refractivity contribution in [2.45, 2.75) is 44.9 Å². The quantitative estimate of drug-likeness (QED) is 0.669. The average Bonchev–Trinajstić information content (AvgIpc) is 2.70. The fourth-order valence-electron chi connectivity index (χ4n) is 4.09. The largest absolute Gasteiger partial charge is 0.393 e. The van der Waals surface area contributed by atoms with Crippen molar-refractivity contribution in [3.63, 3.8) is 0 Å². The lowest BCUT2D eigenvalue weighted by Gasteiger charge is -2.35. The summed E-state index contributed by atoms with van der Waals surface area (Å²) in [5, 5.41) is 16.0. The Labute approximate surface area is 162 Å². The van der Waals surface area contributed by atoms with Gasteiger partial charge in [0.05, 0.1) is 18.1 Å². The summed E-state index contributed by atoms with van der Waals surface area (Å²) in [6, 6.07) is 8.48. The lowest BCUT2D eigenvalue weighted by Crippen LogP contribution is -2.49. The van der Waals surface area contributed by atoms with Gasteiger partial charge in [0, 0.05) is 33.3 Å². The number of hydrogen-bond donors (Lipinski definition) is 3. The van der Waals surface area contributed by atoms with E-state index < -0.39 is 5.41 Å². The van der Waals surface area contributed by atoms with Crippen LogP contribution in [-0.4, -0.2) is 61.9 Å². The number of rotatable bonds is 7. The van der Waals surface area contributed by atoms with Crippen molar-refractivity contribution >= 4 is 5.91 Å². The van der Waals surface area contributed by atoms with Crippen molar-refractivity contribution < 1.29 is 14.6 Å². The van der Waals surface area contributed by atoms with Crippen LogP contribution in [0.15, 0.2) is 24.3 Å². The maximum Gasteiger partial charge on any atom is 0.228 e. The first-order valence-electron chi connectivity index (χ1n) is 10.1. The molecule has 2 aliphatic heterocycles. The number of methoxy groups -OCH3 is 1. The van der Waals surface area contributed by atoms with E-state index in [-0.39, 0.29) is 12.0 Å². The molecule has 2 aliphatic rings. The van der Waals surface area contributed by atoms with Crippen LogP contribution in [0, 0.1) is 5.41 Å². The Morgan fingerprint density at radius 2 is 1.85 bits per heavy atom. The van der Waals surface area contributed by atoms with Crippen molar-refractivity contribution in [1.82, 2.24) is 15.5 Å². The van der Waals surface area contributed by atoms with Gasteiger partial charge in [0.1, 0.15) is 0 Å². The topological polar surface area (TPSA) is 73.8 Å². The maximum atomic E-state index is 12.8. The number of piperidine rings is 2. The van der Waals surface area contributed by atoms with E-state index in [1.807, 2.05) is 0 Å². The molecule has 27 heavy (non-hydrogen) atoms. The van der Waals surface area contributed by atoms with Crippen LogP contribution in [0.3, 0.4) is 0 Å². The number of nitrogens with zero attached hydrogens (tertiary/aromatic N) is 1. The number of aliphatic hydroxyl groups is 1. The molecule has 6 heteroatoms. The molecule has 1 amide bonds. The predicted octanol–water partition coefficient (Wildman–Crippen LogP) is 1.28. The molecule has 0 aliphatic carbocycles. The number of carbonyl (C=O) groups excluding carboxylic acids is 1. The van der Waals surface area contributed by atoms with Crippen LogP contribution in [-0.2, 0) is 22.6 Å². The molecule has 0 unspecified atom stereocenters. The number of aliphatic hydroxyl groups excluding tert-OH is 1. The molecule has 3 rings (SSSR count). The van der Waals surface area contributed by atoms with Crippen molar-refractivity contribution in [2.75, 3.05) is 39.9 Å². The molecule has 0 aromatic heterocycles. The Morgan fingerprint density at radius 3 is 2.48 bits per heavy atom. The first kappa shape index (κ1) is 20.3. The minimum absolute atomic E-state index is 0.0989. The second-order valence-electron chi connectivity index (χ2n) is 7.97. The van der Waals surface area contributed by atoms with E-state index >= 15 is 0 Å². The van der Waals surface area contributed by atoms with E-state index in [0.717, 1.165) is 64.0 Å². The Morgan fingerprint density at radius 1 is 1.22 bits per heavy atom. The molecule has 6 nitrogen and oxygen atoms in total. The summed E-state index contributed by atoms with van der Waals surface area (Å²) in [6.07, 6.45) is 3.23. The number of carbonyl (C=O) groups is 1. The van der Waals surface area contributed by atoms with E-state index in [9.17, 15) is 9.90 Å². The molecule has 0 radical (unpaired) electrons. The number of nitrogens with one attached hydrogen (secondary N) is 2. The molecule has 150 valence electrons. The van der Waals surface area contributed by atoms with E-state index in [1.165, 1.54) is 5.56 Å². The van der Waals surface area contributed by atoms with Gasteiger partial charge in [-0.2, -0.15) is 0 Å². The van der Waals surface area contributed by atoms with E-state index in [2.05, 4.69) is 39.8 Å². The maximum absolute atomic E-state index is 12.8. The van der Waals surface area contributed by atoms with Gasteiger partial charge in [0.25, 0.3) is 0 Å². The first-order valence-corrected chi connectivity index (χ1v) is 10.1. The second-order valence-corrected chi connectivity index (χ2v) is 7.97. The molecule has 0 saturated carbocycles. The van der Waals surface area contributed by atoms with Crippen molar-refractivity contribution in [3.05, 3.63) is 35.4 Å². The highest BCUT2D eigenvalue weighted by molar-refractivity contribution is 5.83. The van der Waals surface area contributed by atoms with Crippen LogP contribution in [0.25, 0.3) is 0 Å². The molecular weight excluding hydrogens is 342 g/mol. The molecule has 0 spiro atoms. The smallest absolute Gasteiger partial charge is 0.228 e. The SMILES string of the molecule is COCC1(C(=O)NCc2ccc(CN3CCC(O)CC3)cc2)CCNCC1. The minimum atomic E-state index is -0.404. The predicted molar refractivity (Wildman–Crippen MR) is 105 cm³/mol. The molecule has 1 aromatic carbocycles.